The van der Waals surface area contributed by atoms with Crippen LogP contribution in [0, 0.1) is 0 Å². The van der Waals surface area contributed by atoms with Crippen LogP contribution in [0.3, 0.4) is 0 Å². The molecule has 0 saturated heterocycles. The molecule has 0 amide bonds. The quantitative estimate of drug-likeness (QED) is 0.306. The monoisotopic (exact) mass is 276 g/mol. The molecule has 0 fully saturated rings. The van der Waals surface area contributed by atoms with Gasteiger partial charge in [0.2, 0.25) is 0 Å². The molecule has 0 aromatic heterocycles. The summed E-state index contributed by atoms with van der Waals surface area (Å²) in [4.78, 5) is 3.44. The van der Waals surface area contributed by atoms with E-state index in [0.717, 1.165) is 0 Å². The molecule has 0 rings (SSSR count). The number of hydrogen-bond acceptors (Lipinski definition) is 2. The molecule has 8 heteroatoms. The average Bonchev–Trinajstić information content (AvgIpc) is 1.83. The molecule has 0 saturated carbocycles. The molecule has 0 radical (unpaired) electrons. The number of alkyl halides is 2. The van der Waals surface area contributed by atoms with Gasteiger partial charge in [-0.3, -0.25) is 0 Å². The summed E-state index contributed by atoms with van der Waals surface area (Å²) in [6.45, 7) is 0. The predicted octanol–water partition coefficient (Wildman–Crippen LogP) is 4.76. The van der Waals surface area contributed by atoms with Crippen LogP contribution in [-0.4, -0.2) is 11.4 Å². The SMILES string of the molecule is ClCCC(Cl)N=N[PH](Cl)(Cl)Cl. The predicted molar refractivity (Wildman–Crippen MR) is 55.7 cm³/mol. The third-order valence-electron chi connectivity index (χ3n) is 0.644. The minimum atomic E-state index is -3.00. The van der Waals surface area contributed by atoms with Gasteiger partial charge in [0.05, 0.1) is 0 Å². The molecule has 2 nitrogen and oxygen atoms in total. The summed E-state index contributed by atoms with van der Waals surface area (Å²) in [6, 6.07) is 0. The van der Waals surface area contributed by atoms with Gasteiger partial charge in [-0.25, -0.2) is 0 Å². The summed E-state index contributed by atoms with van der Waals surface area (Å²) in [5.41, 5.74) is -3.49. The molecule has 0 heterocycles. The van der Waals surface area contributed by atoms with Crippen molar-refractivity contribution in [1.82, 2.24) is 0 Å². The van der Waals surface area contributed by atoms with Crippen molar-refractivity contribution in [3.05, 3.63) is 0 Å². The molecule has 1 atom stereocenters. The third kappa shape index (κ3) is 9.39. The van der Waals surface area contributed by atoms with Gasteiger partial charge in [-0.15, -0.1) is 0 Å². The van der Waals surface area contributed by atoms with E-state index in [2.05, 4.69) is 10.00 Å². The molecule has 1 unspecified atom stereocenters. The van der Waals surface area contributed by atoms with Gasteiger partial charge in [-0.05, 0) is 0 Å². The Bertz CT molecular complexity index is 134. The van der Waals surface area contributed by atoms with Crippen molar-refractivity contribution in [2.75, 3.05) is 5.88 Å². The van der Waals surface area contributed by atoms with Crippen LogP contribution in [-0.2, 0) is 0 Å². The van der Waals surface area contributed by atoms with E-state index in [1.807, 2.05) is 0 Å². The second kappa shape index (κ2) is 6.01. The van der Waals surface area contributed by atoms with E-state index < -0.39 is 11.0 Å². The molecule has 0 spiro atoms. The maximum absolute atomic E-state index is 5.59. The molecule has 0 bridgehead atoms. The van der Waals surface area contributed by atoms with E-state index in [-0.39, 0.29) is 0 Å². The molecule has 0 aliphatic rings. The van der Waals surface area contributed by atoms with Gasteiger partial charge in [-0.1, -0.05) is 0 Å². The molecule has 0 aromatic rings. The standard InChI is InChI=1S/C3H6Cl5N2P/c4-2-1-3(5)9-10-11(6,7)8/h3,11H,1-2H2. The summed E-state index contributed by atoms with van der Waals surface area (Å²) >= 11 is 27.1. The van der Waals surface area contributed by atoms with Gasteiger partial charge in [0, 0.05) is 0 Å². The molecule has 0 aromatic carbocycles. The van der Waals surface area contributed by atoms with Gasteiger partial charge in [0.1, 0.15) is 0 Å². The number of halogens is 5. The fraction of sp³-hybridized carbons (Fsp3) is 1.00. The normalized spacial score (nSPS) is 17.2. The summed E-state index contributed by atoms with van der Waals surface area (Å²) < 4.78 is 0. The zero-order chi connectivity index (χ0) is 8.91. The topological polar surface area (TPSA) is 24.7 Å². The third-order valence-corrected chi connectivity index (χ3v) is 2.19. The fourth-order valence-electron chi connectivity index (χ4n) is 0.276. The molecule has 11 heavy (non-hydrogen) atoms. The number of nitrogens with zero attached hydrogens (tertiary/aromatic N) is 2. The Labute approximate surface area is 89.9 Å². The first-order valence-corrected chi connectivity index (χ1v) is 8.60. The Balaban J connectivity index is 3.73. The van der Waals surface area contributed by atoms with Crippen molar-refractivity contribution < 1.29 is 0 Å². The van der Waals surface area contributed by atoms with Crippen molar-refractivity contribution in [1.29, 1.82) is 0 Å². The molecular formula is C3H6Cl5N2P. The Morgan fingerprint density at radius 2 is 1.82 bits per heavy atom. The molecule has 0 aliphatic heterocycles. The molecule has 0 N–H and O–H groups in total. The Morgan fingerprint density at radius 3 is 2.18 bits per heavy atom. The first-order valence-electron chi connectivity index (χ1n) is 2.64. The Morgan fingerprint density at radius 1 is 1.27 bits per heavy atom. The van der Waals surface area contributed by atoms with Gasteiger partial charge < -0.3 is 0 Å². The summed E-state index contributed by atoms with van der Waals surface area (Å²) in [7, 11) is 0. The summed E-state index contributed by atoms with van der Waals surface area (Å²) in [6.07, 6.45) is 0.516. The summed E-state index contributed by atoms with van der Waals surface area (Å²) in [5, 5.41) is 3.56. The average molecular weight is 278 g/mol. The first-order chi connectivity index (χ1) is 4.95. The van der Waals surface area contributed by atoms with E-state index in [9.17, 15) is 0 Å². The van der Waals surface area contributed by atoms with E-state index in [1.54, 1.807) is 0 Å². The van der Waals surface area contributed by atoms with Crippen LogP contribution in [0.2, 0.25) is 0 Å². The van der Waals surface area contributed by atoms with Crippen LogP contribution in [0.25, 0.3) is 0 Å². The van der Waals surface area contributed by atoms with Crippen molar-refractivity contribution in [3.63, 3.8) is 0 Å². The van der Waals surface area contributed by atoms with Crippen LogP contribution in [0.4, 0.5) is 0 Å². The second-order valence-corrected chi connectivity index (χ2v) is 10.3. The van der Waals surface area contributed by atoms with Crippen LogP contribution in [0.5, 0.6) is 0 Å². The van der Waals surface area contributed by atoms with Crippen molar-refractivity contribution in [3.8, 4) is 0 Å². The fourth-order valence-corrected chi connectivity index (χ4v) is 1.48. The van der Waals surface area contributed by atoms with Crippen molar-refractivity contribution >= 4 is 62.4 Å². The zero-order valence-electron chi connectivity index (χ0n) is 5.28. The van der Waals surface area contributed by atoms with E-state index in [0.29, 0.717) is 12.3 Å². The molecule has 68 valence electrons. The number of hydrogen-bond donors (Lipinski definition) is 0. The Hall–Kier alpha value is 1.48. The Kier molecular flexibility index (Phi) is 6.82. The van der Waals surface area contributed by atoms with E-state index in [1.165, 1.54) is 0 Å². The van der Waals surface area contributed by atoms with Crippen molar-refractivity contribution in [2.24, 2.45) is 10.00 Å². The van der Waals surface area contributed by atoms with Crippen molar-refractivity contribution in [2.45, 2.75) is 11.9 Å². The van der Waals surface area contributed by atoms with Crippen LogP contribution < -0.4 is 0 Å². The van der Waals surface area contributed by atoms with Crippen LogP contribution in [0.1, 0.15) is 6.42 Å². The van der Waals surface area contributed by atoms with E-state index in [4.69, 9.17) is 56.9 Å². The van der Waals surface area contributed by atoms with E-state index >= 15 is 0 Å². The first kappa shape index (κ1) is 12.5. The maximum atomic E-state index is 5.59. The zero-order valence-corrected chi connectivity index (χ0v) is 10.1. The summed E-state index contributed by atoms with van der Waals surface area (Å²) in [5.74, 6) is 0.411. The van der Waals surface area contributed by atoms with Crippen LogP contribution in [0.15, 0.2) is 10.00 Å². The molecule has 0 aliphatic carbocycles. The van der Waals surface area contributed by atoms with Gasteiger partial charge in [0.15, 0.2) is 0 Å². The number of rotatable bonds is 4. The van der Waals surface area contributed by atoms with Gasteiger partial charge in [-0.2, -0.15) is 0 Å². The van der Waals surface area contributed by atoms with Gasteiger partial charge >= 0.3 is 90.2 Å². The minimum absolute atomic E-state index is 0.411. The van der Waals surface area contributed by atoms with Crippen LogP contribution >= 0.6 is 62.4 Å². The van der Waals surface area contributed by atoms with Gasteiger partial charge in [0.25, 0.3) is 0 Å². The second-order valence-electron chi connectivity index (χ2n) is 1.60. The molecular weight excluding hydrogens is 272 g/mol.